The third-order valence-electron chi connectivity index (χ3n) is 3.53. The molecule has 0 radical (unpaired) electrons. The predicted octanol–water partition coefficient (Wildman–Crippen LogP) is 1.96. The van der Waals surface area contributed by atoms with Crippen LogP contribution in [0.25, 0.3) is 0 Å². The van der Waals surface area contributed by atoms with Crippen molar-refractivity contribution in [1.82, 2.24) is 9.80 Å². The molecule has 6 nitrogen and oxygen atoms in total. The van der Waals surface area contributed by atoms with Crippen LogP contribution in [0.2, 0.25) is 0 Å². The van der Waals surface area contributed by atoms with Crippen LogP contribution in [0.4, 0.5) is 4.79 Å². The van der Waals surface area contributed by atoms with E-state index in [0.717, 1.165) is 4.90 Å². The Balaban J connectivity index is 3.16. The topological polar surface area (TPSA) is 77.9 Å². The molecule has 6 heteroatoms. The van der Waals surface area contributed by atoms with E-state index >= 15 is 0 Å². The van der Waals surface area contributed by atoms with Gasteiger partial charge in [0.15, 0.2) is 0 Å². The number of carbonyl (C=O) groups excluding carboxylic acids is 2. The van der Waals surface area contributed by atoms with Gasteiger partial charge in [0.1, 0.15) is 12.1 Å². The number of rotatable bonds is 7. The summed E-state index contributed by atoms with van der Waals surface area (Å²) in [6.07, 6.45) is 2.06. The lowest BCUT2D eigenvalue weighted by molar-refractivity contribution is -0.148. The molecule has 1 aliphatic rings. The van der Waals surface area contributed by atoms with Gasteiger partial charge in [-0.25, -0.2) is 14.5 Å². The van der Waals surface area contributed by atoms with Crippen LogP contribution < -0.4 is 0 Å². The summed E-state index contributed by atoms with van der Waals surface area (Å²) in [5.74, 6) is -1.70. The number of hydrogen-bond acceptors (Lipinski definition) is 3. The van der Waals surface area contributed by atoms with Crippen LogP contribution in [0.3, 0.4) is 0 Å². The molecule has 0 spiro atoms. The fraction of sp³-hybridized carbons (Fsp3) is 0.667. The minimum Gasteiger partial charge on any atom is -0.480 e. The lowest BCUT2D eigenvalue weighted by Crippen LogP contribution is -2.48. The Hall–Kier alpha value is -1.85. The Morgan fingerprint density at radius 1 is 1.33 bits per heavy atom. The number of aliphatic carboxylic acids is 1. The average molecular weight is 296 g/mol. The maximum Gasteiger partial charge on any atom is 0.328 e. The van der Waals surface area contributed by atoms with Crippen LogP contribution in [-0.4, -0.2) is 51.4 Å². The number of amides is 3. The normalized spacial score (nSPS) is 20.6. The molecule has 1 N–H and O–H groups in total. The van der Waals surface area contributed by atoms with Crippen LogP contribution in [0.15, 0.2) is 12.7 Å². The number of urea groups is 1. The van der Waals surface area contributed by atoms with Crippen LogP contribution >= 0.6 is 0 Å². The fourth-order valence-electron chi connectivity index (χ4n) is 2.63. The largest absolute Gasteiger partial charge is 0.480 e. The molecule has 0 aromatic carbocycles. The summed E-state index contributed by atoms with van der Waals surface area (Å²) in [5, 5.41) is 9.34. The van der Waals surface area contributed by atoms with Crippen molar-refractivity contribution >= 4 is 17.9 Å². The minimum atomic E-state index is -1.16. The van der Waals surface area contributed by atoms with Crippen molar-refractivity contribution in [2.45, 2.75) is 46.2 Å². The smallest absolute Gasteiger partial charge is 0.328 e. The molecule has 21 heavy (non-hydrogen) atoms. The Morgan fingerprint density at radius 2 is 1.90 bits per heavy atom. The fourth-order valence-corrected chi connectivity index (χ4v) is 2.63. The van der Waals surface area contributed by atoms with Crippen molar-refractivity contribution in [3.05, 3.63) is 12.7 Å². The number of carboxylic acid groups (broad SMARTS) is 1. The van der Waals surface area contributed by atoms with E-state index in [1.165, 1.54) is 4.90 Å². The van der Waals surface area contributed by atoms with E-state index in [1.807, 2.05) is 13.8 Å². The lowest BCUT2D eigenvalue weighted by atomic mass is 10.0. The van der Waals surface area contributed by atoms with E-state index < -0.39 is 30.0 Å². The Morgan fingerprint density at radius 3 is 2.29 bits per heavy atom. The van der Waals surface area contributed by atoms with Gasteiger partial charge < -0.3 is 10.0 Å². The molecular weight excluding hydrogens is 272 g/mol. The van der Waals surface area contributed by atoms with Crippen molar-refractivity contribution in [2.75, 3.05) is 6.54 Å². The zero-order valence-corrected chi connectivity index (χ0v) is 13.1. The standard InChI is InChI=1S/C15H24N2O4/c1-6-7-16-11(8-9(2)3)13(18)17(15(16)21)12(10(4)5)14(19)20/h6,9-12H,1,7-8H2,2-5H3,(H,19,20). The molecule has 1 heterocycles. The number of nitrogens with zero attached hydrogens (tertiary/aromatic N) is 2. The summed E-state index contributed by atoms with van der Waals surface area (Å²) in [6, 6.07) is -2.27. The van der Waals surface area contributed by atoms with E-state index in [0.29, 0.717) is 6.42 Å². The highest BCUT2D eigenvalue weighted by Gasteiger charge is 2.50. The van der Waals surface area contributed by atoms with Gasteiger partial charge in [0, 0.05) is 6.54 Å². The van der Waals surface area contributed by atoms with Gasteiger partial charge in [-0.1, -0.05) is 33.8 Å². The third-order valence-corrected chi connectivity index (χ3v) is 3.53. The van der Waals surface area contributed by atoms with Crippen molar-refractivity contribution in [3.8, 4) is 0 Å². The molecule has 1 aliphatic heterocycles. The number of carbonyl (C=O) groups is 3. The summed E-state index contributed by atoms with van der Waals surface area (Å²) in [4.78, 5) is 38.8. The second-order valence-corrected chi connectivity index (χ2v) is 6.10. The van der Waals surface area contributed by atoms with Crippen molar-refractivity contribution in [1.29, 1.82) is 0 Å². The molecule has 2 atom stereocenters. The number of carboxylic acids is 1. The van der Waals surface area contributed by atoms with Gasteiger partial charge in [-0.05, 0) is 18.3 Å². The molecule has 0 aromatic rings. The molecule has 118 valence electrons. The zero-order chi connectivity index (χ0) is 16.3. The van der Waals surface area contributed by atoms with Crippen LogP contribution in [0, 0.1) is 11.8 Å². The molecule has 1 fully saturated rings. The molecule has 2 unspecified atom stereocenters. The summed E-state index contributed by atoms with van der Waals surface area (Å²) in [7, 11) is 0. The average Bonchev–Trinajstić information content (AvgIpc) is 2.55. The molecular formula is C15H24N2O4. The second-order valence-electron chi connectivity index (χ2n) is 6.10. The van der Waals surface area contributed by atoms with Gasteiger partial charge in [-0.2, -0.15) is 0 Å². The highest BCUT2D eigenvalue weighted by atomic mass is 16.4. The van der Waals surface area contributed by atoms with Gasteiger partial charge in [0.25, 0.3) is 5.91 Å². The summed E-state index contributed by atoms with van der Waals surface area (Å²) < 4.78 is 0. The SMILES string of the molecule is C=CCN1C(=O)N(C(C(=O)O)C(C)C)C(=O)C1CC(C)C. The van der Waals surface area contributed by atoms with Crippen molar-refractivity contribution in [2.24, 2.45) is 11.8 Å². The third kappa shape index (κ3) is 3.43. The molecule has 0 aliphatic carbocycles. The quantitative estimate of drug-likeness (QED) is 0.575. The van der Waals surface area contributed by atoms with Gasteiger partial charge in [0.2, 0.25) is 0 Å². The van der Waals surface area contributed by atoms with E-state index in [2.05, 4.69) is 6.58 Å². The van der Waals surface area contributed by atoms with Crippen LogP contribution in [-0.2, 0) is 9.59 Å². The Bertz CT molecular complexity index is 445. The highest BCUT2D eigenvalue weighted by Crippen LogP contribution is 2.27. The van der Waals surface area contributed by atoms with E-state index in [1.54, 1.807) is 19.9 Å². The second kappa shape index (κ2) is 6.74. The Kier molecular flexibility index (Phi) is 5.52. The first-order valence-corrected chi connectivity index (χ1v) is 7.19. The van der Waals surface area contributed by atoms with Crippen molar-refractivity contribution < 1.29 is 19.5 Å². The lowest BCUT2D eigenvalue weighted by Gasteiger charge is -2.25. The van der Waals surface area contributed by atoms with Crippen LogP contribution in [0.5, 0.6) is 0 Å². The Labute approximate surface area is 125 Å². The molecule has 0 bridgehead atoms. The van der Waals surface area contributed by atoms with Gasteiger partial charge in [-0.15, -0.1) is 6.58 Å². The number of hydrogen-bond donors (Lipinski definition) is 1. The molecule has 1 rings (SSSR count). The number of imide groups is 1. The van der Waals surface area contributed by atoms with Gasteiger partial charge in [-0.3, -0.25) is 4.79 Å². The zero-order valence-electron chi connectivity index (χ0n) is 13.1. The molecule has 0 saturated carbocycles. The van der Waals surface area contributed by atoms with E-state index in [-0.39, 0.29) is 18.4 Å². The first-order chi connectivity index (χ1) is 9.72. The summed E-state index contributed by atoms with van der Waals surface area (Å²) in [5.41, 5.74) is 0. The molecule has 0 aromatic heterocycles. The van der Waals surface area contributed by atoms with Gasteiger partial charge >= 0.3 is 12.0 Å². The van der Waals surface area contributed by atoms with E-state index in [9.17, 15) is 19.5 Å². The molecule has 3 amide bonds. The summed E-state index contributed by atoms with van der Waals surface area (Å²) in [6.45, 7) is 11.1. The monoisotopic (exact) mass is 296 g/mol. The maximum atomic E-state index is 12.6. The highest BCUT2D eigenvalue weighted by molar-refractivity contribution is 6.07. The first kappa shape index (κ1) is 17.2. The first-order valence-electron chi connectivity index (χ1n) is 7.19. The van der Waals surface area contributed by atoms with Crippen LogP contribution in [0.1, 0.15) is 34.1 Å². The predicted molar refractivity (Wildman–Crippen MR) is 78.6 cm³/mol. The van der Waals surface area contributed by atoms with Crippen molar-refractivity contribution in [3.63, 3.8) is 0 Å². The molecule has 1 saturated heterocycles. The maximum absolute atomic E-state index is 12.6. The minimum absolute atomic E-state index is 0.223. The van der Waals surface area contributed by atoms with Gasteiger partial charge in [0.05, 0.1) is 0 Å². The van der Waals surface area contributed by atoms with E-state index in [4.69, 9.17) is 0 Å². The summed E-state index contributed by atoms with van der Waals surface area (Å²) >= 11 is 0.